The van der Waals surface area contributed by atoms with Gasteiger partial charge >= 0.3 is 5.97 Å². The van der Waals surface area contributed by atoms with Crippen LogP contribution in [0.2, 0.25) is 0 Å². The van der Waals surface area contributed by atoms with Crippen molar-refractivity contribution in [3.8, 4) is 0 Å². The zero-order valence-corrected chi connectivity index (χ0v) is 17.9. The Hall–Kier alpha value is -3.85. The number of hydrogen-bond donors (Lipinski definition) is 2. The number of carbonyl (C=O) groups excluding carboxylic acids is 3. The van der Waals surface area contributed by atoms with Crippen molar-refractivity contribution in [1.29, 1.82) is 0 Å². The number of anilines is 1. The third-order valence-electron chi connectivity index (χ3n) is 4.92. The molecular formula is C23H19N3O5S. The molecule has 2 N–H and O–H groups in total. The molecule has 8 nitrogen and oxygen atoms in total. The van der Waals surface area contributed by atoms with Gasteiger partial charge in [0.2, 0.25) is 5.91 Å². The maximum Gasteiger partial charge on any atom is 0.323 e. The first-order chi connectivity index (χ1) is 15.3. The van der Waals surface area contributed by atoms with Gasteiger partial charge in [0.05, 0.1) is 4.91 Å². The molecule has 3 aromatic rings. The maximum atomic E-state index is 12.6. The van der Waals surface area contributed by atoms with E-state index in [4.69, 9.17) is 5.11 Å². The van der Waals surface area contributed by atoms with E-state index >= 15 is 0 Å². The fourth-order valence-corrected chi connectivity index (χ4v) is 4.26. The van der Waals surface area contributed by atoms with Crippen molar-refractivity contribution in [2.45, 2.75) is 13.5 Å². The van der Waals surface area contributed by atoms with E-state index in [9.17, 15) is 19.2 Å². The van der Waals surface area contributed by atoms with Gasteiger partial charge in [-0.3, -0.25) is 24.1 Å². The van der Waals surface area contributed by atoms with Crippen molar-refractivity contribution in [2.24, 2.45) is 0 Å². The Morgan fingerprint density at radius 3 is 2.50 bits per heavy atom. The maximum absolute atomic E-state index is 12.6. The molecule has 1 aliphatic rings. The van der Waals surface area contributed by atoms with Crippen LogP contribution in [-0.2, 0) is 20.9 Å². The minimum atomic E-state index is -1.26. The lowest BCUT2D eigenvalue weighted by Crippen LogP contribution is -2.33. The third kappa shape index (κ3) is 4.42. The summed E-state index contributed by atoms with van der Waals surface area (Å²) in [7, 11) is 0. The Balaban J connectivity index is 1.60. The van der Waals surface area contributed by atoms with E-state index in [1.165, 1.54) is 0 Å². The fourth-order valence-electron chi connectivity index (χ4n) is 3.43. The van der Waals surface area contributed by atoms with E-state index in [1.807, 2.05) is 55.5 Å². The highest BCUT2D eigenvalue weighted by Crippen LogP contribution is 2.34. The second kappa shape index (κ2) is 8.72. The largest absolute Gasteiger partial charge is 0.480 e. The Labute approximate surface area is 187 Å². The van der Waals surface area contributed by atoms with Gasteiger partial charge in [-0.25, -0.2) is 0 Å². The topological polar surface area (TPSA) is 109 Å². The van der Waals surface area contributed by atoms with Crippen molar-refractivity contribution in [3.05, 3.63) is 70.8 Å². The number of nitrogens with zero attached hydrogens (tertiary/aromatic N) is 2. The van der Waals surface area contributed by atoms with Gasteiger partial charge in [0.15, 0.2) is 0 Å². The number of benzene rings is 2. The van der Waals surface area contributed by atoms with Crippen LogP contribution in [0.1, 0.15) is 11.1 Å². The summed E-state index contributed by atoms with van der Waals surface area (Å²) in [5.74, 6) is -2.11. The van der Waals surface area contributed by atoms with Crippen LogP contribution >= 0.6 is 11.8 Å². The molecule has 9 heteroatoms. The molecule has 0 aliphatic carbocycles. The SMILES string of the molecule is Cc1ccc(NC(=O)Cn2cc(/C=C3/SC(=O)N(CC(=O)O)C3=O)c3ccccc32)cc1. The number of rotatable bonds is 6. The van der Waals surface area contributed by atoms with Gasteiger partial charge in [0.1, 0.15) is 13.1 Å². The zero-order chi connectivity index (χ0) is 22.8. The molecule has 2 heterocycles. The molecule has 0 bridgehead atoms. The lowest BCUT2D eigenvalue weighted by atomic mass is 10.1. The molecule has 4 rings (SSSR count). The molecule has 0 spiro atoms. The Morgan fingerprint density at radius 1 is 1.06 bits per heavy atom. The summed E-state index contributed by atoms with van der Waals surface area (Å²) in [6, 6.07) is 14.9. The first-order valence-electron chi connectivity index (χ1n) is 9.73. The number of fused-ring (bicyclic) bond motifs is 1. The average Bonchev–Trinajstić information content (AvgIpc) is 3.22. The first-order valence-corrected chi connectivity index (χ1v) is 10.5. The number of aryl methyl sites for hydroxylation is 1. The van der Waals surface area contributed by atoms with Gasteiger partial charge in [-0.15, -0.1) is 0 Å². The van der Waals surface area contributed by atoms with Crippen molar-refractivity contribution in [2.75, 3.05) is 11.9 Å². The summed E-state index contributed by atoms with van der Waals surface area (Å²) in [4.78, 5) is 48.9. The lowest BCUT2D eigenvalue weighted by molar-refractivity contribution is -0.140. The van der Waals surface area contributed by atoms with Gasteiger partial charge in [-0.1, -0.05) is 35.9 Å². The van der Waals surface area contributed by atoms with Crippen LogP contribution in [0.25, 0.3) is 17.0 Å². The monoisotopic (exact) mass is 449 g/mol. The van der Waals surface area contributed by atoms with Crippen LogP contribution in [0.15, 0.2) is 59.6 Å². The summed E-state index contributed by atoms with van der Waals surface area (Å²) in [5, 5.41) is 12.0. The van der Waals surface area contributed by atoms with E-state index in [2.05, 4.69) is 5.32 Å². The number of imide groups is 1. The number of nitrogens with one attached hydrogen (secondary N) is 1. The van der Waals surface area contributed by atoms with Crippen LogP contribution in [0.4, 0.5) is 10.5 Å². The van der Waals surface area contributed by atoms with E-state index < -0.39 is 23.7 Å². The van der Waals surface area contributed by atoms with Gasteiger partial charge in [0.25, 0.3) is 11.1 Å². The van der Waals surface area contributed by atoms with Crippen LogP contribution in [-0.4, -0.2) is 44.1 Å². The second-order valence-corrected chi connectivity index (χ2v) is 8.30. The van der Waals surface area contributed by atoms with E-state index in [-0.39, 0.29) is 17.4 Å². The summed E-state index contributed by atoms with van der Waals surface area (Å²) in [6.07, 6.45) is 3.30. The molecule has 0 saturated carbocycles. The average molecular weight is 449 g/mol. The van der Waals surface area contributed by atoms with Crippen molar-refractivity contribution in [1.82, 2.24) is 9.47 Å². The summed E-state index contributed by atoms with van der Waals surface area (Å²) in [6.45, 7) is 1.35. The molecule has 0 unspecified atom stereocenters. The molecule has 162 valence electrons. The summed E-state index contributed by atoms with van der Waals surface area (Å²) < 4.78 is 1.77. The quantitative estimate of drug-likeness (QED) is 0.556. The predicted molar refractivity (Wildman–Crippen MR) is 122 cm³/mol. The van der Waals surface area contributed by atoms with Gasteiger partial charge in [-0.2, -0.15) is 0 Å². The molecule has 1 fully saturated rings. The molecule has 3 amide bonds. The van der Waals surface area contributed by atoms with Crippen molar-refractivity contribution >= 4 is 57.5 Å². The molecule has 2 aromatic carbocycles. The van der Waals surface area contributed by atoms with Gasteiger partial charge in [-0.05, 0) is 43.0 Å². The standard InChI is InChI=1S/C23H19N3O5S/c1-14-6-8-16(9-7-14)24-20(27)12-25-11-15(17-4-2-3-5-18(17)25)10-19-22(30)26(13-21(28)29)23(31)32-19/h2-11H,12-13H2,1H3,(H,24,27)(H,28,29)/b19-10+. The predicted octanol–water partition coefficient (Wildman–Crippen LogP) is 3.71. The minimum absolute atomic E-state index is 0.0583. The number of carboxylic acids is 1. The zero-order valence-electron chi connectivity index (χ0n) is 17.1. The Bertz CT molecular complexity index is 1280. The van der Waals surface area contributed by atoms with Crippen LogP contribution in [0, 0.1) is 6.92 Å². The summed E-state index contributed by atoms with van der Waals surface area (Å²) >= 11 is 0.700. The van der Waals surface area contributed by atoms with E-state index in [1.54, 1.807) is 16.8 Å². The highest BCUT2D eigenvalue weighted by atomic mass is 32.2. The number of carboxylic acid groups (broad SMARTS) is 1. The van der Waals surface area contributed by atoms with Crippen molar-refractivity contribution < 1.29 is 24.3 Å². The first kappa shape index (κ1) is 21.4. The molecule has 1 saturated heterocycles. The lowest BCUT2D eigenvalue weighted by Gasteiger charge is -2.07. The molecule has 32 heavy (non-hydrogen) atoms. The third-order valence-corrected chi connectivity index (χ3v) is 5.83. The number of aliphatic carboxylic acids is 1. The normalized spacial score (nSPS) is 15.0. The van der Waals surface area contributed by atoms with Gasteiger partial charge < -0.3 is 15.0 Å². The number of aromatic nitrogens is 1. The van der Waals surface area contributed by atoms with Gasteiger partial charge in [0, 0.05) is 28.4 Å². The van der Waals surface area contributed by atoms with Crippen molar-refractivity contribution in [3.63, 3.8) is 0 Å². The molecule has 1 aliphatic heterocycles. The van der Waals surface area contributed by atoms with Crippen LogP contribution < -0.4 is 5.32 Å². The molecule has 1 aromatic heterocycles. The molecule has 0 atom stereocenters. The highest BCUT2D eigenvalue weighted by molar-refractivity contribution is 8.18. The fraction of sp³-hybridized carbons (Fsp3) is 0.130. The van der Waals surface area contributed by atoms with Crippen LogP contribution in [0.5, 0.6) is 0 Å². The molecular weight excluding hydrogens is 430 g/mol. The Morgan fingerprint density at radius 2 is 1.78 bits per heavy atom. The number of thioether (sulfide) groups is 1. The number of amides is 3. The molecule has 0 radical (unpaired) electrons. The summed E-state index contributed by atoms with van der Waals surface area (Å²) in [5.41, 5.74) is 3.24. The van der Waals surface area contributed by atoms with E-state index in [0.717, 1.165) is 16.5 Å². The minimum Gasteiger partial charge on any atom is -0.480 e. The second-order valence-electron chi connectivity index (χ2n) is 7.31. The van der Waals surface area contributed by atoms with E-state index in [0.29, 0.717) is 27.9 Å². The number of para-hydroxylation sites is 1. The smallest absolute Gasteiger partial charge is 0.323 e. The van der Waals surface area contributed by atoms with Crippen LogP contribution in [0.3, 0.4) is 0 Å². The highest BCUT2D eigenvalue weighted by Gasteiger charge is 2.36. The number of carbonyl (C=O) groups is 4. The Kier molecular flexibility index (Phi) is 5.83. The number of hydrogen-bond acceptors (Lipinski definition) is 5.